The normalized spacial score (nSPS) is 22.2. The Labute approximate surface area is 125 Å². The van der Waals surface area contributed by atoms with Gasteiger partial charge >= 0.3 is 5.97 Å². The third-order valence-electron chi connectivity index (χ3n) is 4.31. The molecule has 2 aromatic rings. The lowest BCUT2D eigenvalue weighted by atomic mass is 9.86. The molecule has 0 spiro atoms. The Morgan fingerprint density at radius 2 is 1.90 bits per heavy atom. The van der Waals surface area contributed by atoms with Crippen molar-refractivity contribution in [3.8, 4) is 0 Å². The largest absolute Gasteiger partial charge is 0.464 e. The molecule has 0 bridgehead atoms. The average molecular weight is 283 g/mol. The molecule has 0 saturated carbocycles. The van der Waals surface area contributed by atoms with Gasteiger partial charge in [0.05, 0.1) is 6.61 Å². The van der Waals surface area contributed by atoms with Crippen LogP contribution in [0, 0.1) is 5.41 Å². The fourth-order valence-electron chi connectivity index (χ4n) is 3.00. The fourth-order valence-corrected chi connectivity index (χ4v) is 3.00. The Kier molecular flexibility index (Phi) is 3.46. The number of rotatable bonds is 3. The summed E-state index contributed by atoms with van der Waals surface area (Å²) in [7, 11) is 0. The third-order valence-corrected chi connectivity index (χ3v) is 4.31. The smallest absolute Gasteiger partial charge is 0.323 e. The van der Waals surface area contributed by atoms with Crippen molar-refractivity contribution in [2.75, 3.05) is 6.61 Å². The molecule has 110 valence electrons. The highest BCUT2D eigenvalue weighted by molar-refractivity contribution is 5.86. The van der Waals surface area contributed by atoms with Crippen LogP contribution in [0.15, 0.2) is 42.5 Å². The number of cyclic esters (lactones) is 1. The zero-order valence-corrected chi connectivity index (χ0v) is 12.7. The molecule has 3 heteroatoms. The average Bonchev–Trinajstić information content (AvgIpc) is 2.73. The van der Waals surface area contributed by atoms with Gasteiger partial charge in [-0.1, -0.05) is 56.3 Å². The monoisotopic (exact) mass is 283 g/mol. The summed E-state index contributed by atoms with van der Waals surface area (Å²) < 4.78 is 5.20. The van der Waals surface area contributed by atoms with Crippen LogP contribution in [0.5, 0.6) is 0 Å². The molecule has 0 unspecified atom stereocenters. The number of ether oxygens (including phenoxy) is 1. The molecular weight excluding hydrogens is 262 g/mol. The number of carbonyl (C=O) groups excluding carboxylic acids is 1. The summed E-state index contributed by atoms with van der Waals surface area (Å²) in [5.41, 5.74) is 1.04. The number of nitrogens with one attached hydrogen (secondary N) is 1. The summed E-state index contributed by atoms with van der Waals surface area (Å²) >= 11 is 0. The lowest BCUT2D eigenvalue weighted by Gasteiger charge is -2.27. The maximum Gasteiger partial charge on any atom is 0.323 e. The molecule has 1 saturated heterocycles. The summed E-state index contributed by atoms with van der Waals surface area (Å²) in [5, 5.41) is 5.90. The minimum Gasteiger partial charge on any atom is -0.464 e. The van der Waals surface area contributed by atoms with Crippen molar-refractivity contribution in [2.45, 2.75) is 32.9 Å². The highest BCUT2D eigenvalue weighted by Gasteiger charge is 2.44. The minimum atomic E-state index is -0.258. The molecule has 1 aliphatic heterocycles. The zero-order chi connectivity index (χ0) is 15.0. The van der Waals surface area contributed by atoms with E-state index in [2.05, 4.69) is 56.4 Å². The molecule has 1 aliphatic rings. The van der Waals surface area contributed by atoms with E-state index in [9.17, 15) is 4.79 Å². The highest BCUT2D eigenvalue weighted by Crippen LogP contribution is 2.31. The Hall–Kier alpha value is -1.87. The highest BCUT2D eigenvalue weighted by atomic mass is 16.5. The summed E-state index contributed by atoms with van der Waals surface area (Å²) in [4.78, 5) is 11.9. The fraction of sp³-hybridized carbons (Fsp3) is 0.389. The maximum absolute atomic E-state index is 11.9. The molecule has 0 amide bonds. The van der Waals surface area contributed by atoms with E-state index in [-0.39, 0.29) is 23.5 Å². The van der Waals surface area contributed by atoms with Crippen molar-refractivity contribution in [1.82, 2.24) is 5.32 Å². The first-order chi connectivity index (χ1) is 9.99. The van der Waals surface area contributed by atoms with Crippen LogP contribution in [0.25, 0.3) is 10.8 Å². The molecular formula is C18H21NO2. The Bertz CT molecular complexity index is 672. The first-order valence-electron chi connectivity index (χ1n) is 7.39. The van der Waals surface area contributed by atoms with Crippen molar-refractivity contribution in [3.63, 3.8) is 0 Å². The molecule has 0 aliphatic carbocycles. The van der Waals surface area contributed by atoms with Gasteiger partial charge < -0.3 is 4.74 Å². The SMILES string of the molecule is C[C@@H](N[C@@H]1C(=O)OCC1(C)C)c1cccc2ccccc12. The van der Waals surface area contributed by atoms with Crippen molar-refractivity contribution in [1.29, 1.82) is 0 Å². The summed E-state index contributed by atoms with van der Waals surface area (Å²) in [5.74, 6) is -0.146. The van der Waals surface area contributed by atoms with E-state index in [1.54, 1.807) is 0 Å². The van der Waals surface area contributed by atoms with Gasteiger partial charge in [-0.05, 0) is 23.3 Å². The van der Waals surface area contributed by atoms with E-state index in [0.717, 1.165) is 0 Å². The number of hydrogen-bond donors (Lipinski definition) is 1. The van der Waals surface area contributed by atoms with Crippen molar-refractivity contribution >= 4 is 16.7 Å². The lowest BCUT2D eigenvalue weighted by Crippen LogP contribution is -2.44. The lowest BCUT2D eigenvalue weighted by molar-refractivity contribution is -0.139. The van der Waals surface area contributed by atoms with E-state index in [4.69, 9.17) is 4.74 Å². The van der Waals surface area contributed by atoms with Gasteiger partial charge in [0.1, 0.15) is 6.04 Å². The molecule has 1 heterocycles. The maximum atomic E-state index is 11.9. The van der Waals surface area contributed by atoms with Crippen LogP contribution >= 0.6 is 0 Å². The standard InChI is InChI=1S/C18H21NO2/c1-12(19-16-17(20)21-11-18(16,2)3)14-10-6-8-13-7-4-5-9-15(13)14/h4-10,12,16,19H,11H2,1-3H3/t12-,16-/m1/s1. The Morgan fingerprint density at radius 1 is 1.19 bits per heavy atom. The van der Waals surface area contributed by atoms with Gasteiger partial charge in [0.2, 0.25) is 0 Å². The van der Waals surface area contributed by atoms with Crippen LogP contribution in [0.3, 0.4) is 0 Å². The molecule has 21 heavy (non-hydrogen) atoms. The van der Waals surface area contributed by atoms with E-state index in [1.807, 2.05) is 12.1 Å². The number of carbonyl (C=O) groups is 1. The van der Waals surface area contributed by atoms with E-state index in [0.29, 0.717) is 6.61 Å². The number of benzene rings is 2. The summed E-state index contributed by atoms with van der Waals surface area (Å²) in [6.45, 7) is 6.70. The topological polar surface area (TPSA) is 38.3 Å². The Morgan fingerprint density at radius 3 is 2.62 bits per heavy atom. The molecule has 3 rings (SSSR count). The number of hydrogen-bond acceptors (Lipinski definition) is 3. The number of fused-ring (bicyclic) bond motifs is 1. The van der Waals surface area contributed by atoms with Crippen molar-refractivity contribution in [3.05, 3.63) is 48.0 Å². The van der Waals surface area contributed by atoms with Gasteiger partial charge in [0.25, 0.3) is 0 Å². The van der Waals surface area contributed by atoms with Crippen LogP contribution in [0.4, 0.5) is 0 Å². The minimum absolute atomic E-state index is 0.0889. The molecule has 0 radical (unpaired) electrons. The van der Waals surface area contributed by atoms with Gasteiger partial charge in [0.15, 0.2) is 0 Å². The van der Waals surface area contributed by atoms with Crippen molar-refractivity contribution in [2.24, 2.45) is 5.41 Å². The molecule has 1 fully saturated rings. The van der Waals surface area contributed by atoms with Crippen LogP contribution in [-0.4, -0.2) is 18.6 Å². The van der Waals surface area contributed by atoms with Gasteiger partial charge in [-0.25, -0.2) is 0 Å². The Balaban J connectivity index is 1.91. The zero-order valence-electron chi connectivity index (χ0n) is 12.7. The molecule has 2 aromatic carbocycles. The quantitative estimate of drug-likeness (QED) is 0.877. The number of esters is 1. The third kappa shape index (κ3) is 2.54. The first-order valence-corrected chi connectivity index (χ1v) is 7.39. The van der Waals surface area contributed by atoms with Crippen molar-refractivity contribution < 1.29 is 9.53 Å². The van der Waals surface area contributed by atoms with Gasteiger partial charge in [-0.15, -0.1) is 0 Å². The summed E-state index contributed by atoms with van der Waals surface area (Å²) in [6.07, 6.45) is 0. The van der Waals surface area contributed by atoms with Crippen LogP contribution in [0.2, 0.25) is 0 Å². The van der Waals surface area contributed by atoms with E-state index in [1.165, 1.54) is 16.3 Å². The molecule has 2 atom stereocenters. The van der Waals surface area contributed by atoms with Crippen LogP contribution in [-0.2, 0) is 9.53 Å². The predicted molar refractivity (Wildman–Crippen MR) is 84.0 cm³/mol. The molecule has 3 nitrogen and oxygen atoms in total. The second-order valence-corrected chi connectivity index (χ2v) is 6.49. The van der Waals surface area contributed by atoms with Gasteiger partial charge in [0, 0.05) is 11.5 Å². The molecule has 1 N–H and O–H groups in total. The second kappa shape index (κ2) is 5.15. The van der Waals surface area contributed by atoms with Gasteiger partial charge in [-0.2, -0.15) is 0 Å². The van der Waals surface area contributed by atoms with E-state index < -0.39 is 0 Å². The predicted octanol–water partition coefficient (Wildman–Crippen LogP) is 3.44. The van der Waals surface area contributed by atoms with Crippen LogP contribution in [0.1, 0.15) is 32.4 Å². The first kappa shape index (κ1) is 14.1. The molecule has 0 aromatic heterocycles. The van der Waals surface area contributed by atoms with E-state index >= 15 is 0 Å². The van der Waals surface area contributed by atoms with Crippen LogP contribution < -0.4 is 5.32 Å². The summed E-state index contributed by atoms with van der Waals surface area (Å²) in [6, 6.07) is 14.5. The van der Waals surface area contributed by atoms with Gasteiger partial charge in [-0.3, -0.25) is 10.1 Å². The second-order valence-electron chi connectivity index (χ2n) is 6.49.